The SMILES string of the molecule is CCOc1ccc(C(=O)Oc2ccc(/C=N\NC(=O)CNC(=O)c3cc(OC)c(OC)c(OC)c3)cc2OCC)cc1. The molecular formula is C30H33N3O9. The zero-order valence-electron chi connectivity index (χ0n) is 24.0. The van der Waals surface area contributed by atoms with Crippen molar-refractivity contribution in [3.8, 4) is 34.5 Å². The topological polar surface area (TPSA) is 143 Å². The number of carbonyl (C=O) groups is 3. The Kier molecular flexibility index (Phi) is 11.5. The van der Waals surface area contributed by atoms with Crippen molar-refractivity contribution in [1.82, 2.24) is 10.7 Å². The molecule has 42 heavy (non-hydrogen) atoms. The van der Waals surface area contributed by atoms with E-state index >= 15 is 0 Å². The Hall–Kier alpha value is -5.26. The number of esters is 1. The number of ether oxygens (including phenoxy) is 6. The van der Waals surface area contributed by atoms with Crippen LogP contribution in [0.5, 0.6) is 34.5 Å². The molecule has 3 aromatic carbocycles. The van der Waals surface area contributed by atoms with E-state index in [1.54, 1.807) is 49.4 Å². The van der Waals surface area contributed by atoms with E-state index in [1.165, 1.54) is 39.7 Å². The molecule has 3 rings (SSSR count). The first-order chi connectivity index (χ1) is 20.3. The number of methoxy groups -OCH3 is 3. The predicted octanol–water partition coefficient (Wildman–Crippen LogP) is 3.61. The van der Waals surface area contributed by atoms with Crippen LogP contribution in [0.2, 0.25) is 0 Å². The fourth-order valence-corrected chi connectivity index (χ4v) is 3.66. The molecule has 0 aliphatic heterocycles. The molecule has 2 amide bonds. The van der Waals surface area contributed by atoms with Crippen molar-refractivity contribution in [2.75, 3.05) is 41.1 Å². The van der Waals surface area contributed by atoms with Gasteiger partial charge in [0.1, 0.15) is 5.75 Å². The van der Waals surface area contributed by atoms with E-state index in [9.17, 15) is 14.4 Å². The summed E-state index contributed by atoms with van der Waals surface area (Å²) in [6, 6.07) is 14.4. The number of rotatable bonds is 14. The smallest absolute Gasteiger partial charge is 0.343 e. The van der Waals surface area contributed by atoms with Crippen LogP contribution in [0.3, 0.4) is 0 Å². The van der Waals surface area contributed by atoms with Crippen molar-refractivity contribution < 1.29 is 42.8 Å². The molecule has 12 nitrogen and oxygen atoms in total. The van der Waals surface area contributed by atoms with Crippen LogP contribution < -0.4 is 39.2 Å². The average molecular weight is 580 g/mol. The van der Waals surface area contributed by atoms with Gasteiger partial charge in [-0.3, -0.25) is 9.59 Å². The molecule has 0 heterocycles. The van der Waals surface area contributed by atoms with Crippen molar-refractivity contribution >= 4 is 24.0 Å². The van der Waals surface area contributed by atoms with E-state index in [0.717, 1.165) is 0 Å². The largest absolute Gasteiger partial charge is 0.494 e. The maximum absolute atomic E-state index is 12.6. The third kappa shape index (κ3) is 8.37. The zero-order chi connectivity index (χ0) is 30.5. The molecule has 0 atom stereocenters. The van der Waals surface area contributed by atoms with Gasteiger partial charge in [-0.15, -0.1) is 0 Å². The van der Waals surface area contributed by atoms with Crippen molar-refractivity contribution in [3.05, 3.63) is 71.3 Å². The zero-order valence-corrected chi connectivity index (χ0v) is 24.0. The molecule has 0 aliphatic carbocycles. The molecule has 0 unspecified atom stereocenters. The van der Waals surface area contributed by atoms with Gasteiger partial charge in [0.15, 0.2) is 23.0 Å². The van der Waals surface area contributed by atoms with Crippen molar-refractivity contribution in [2.24, 2.45) is 5.10 Å². The van der Waals surface area contributed by atoms with E-state index in [-0.39, 0.29) is 17.9 Å². The van der Waals surface area contributed by atoms with Gasteiger partial charge in [0.2, 0.25) is 5.75 Å². The normalized spacial score (nSPS) is 10.5. The Labute approximate surface area is 243 Å². The first-order valence-electron chi connectivity index (χ1n) is 12.9. The molecular weight excluding hydrogens is 546 g/mol. The number of hydrogen-bond donors (Lipinski definition) is 2. The predicted molar refractivity (Wildman–Crippen MR) is 154 cm³/mol. The summed E-state index contributed by atoms with van der Waals surface area (Å²) in [5.41, 5.74) is 3.48. The van der Waals surface area contributed by atoms with Gasteiger partial charge in [-0.1, -0.05) is 0 Å². The van der Waals surface area contributed by atoms with Crippen LogP contribution in [0, 0.1) is 0 Å². The second-order valence-corrected chi connectivity index (χ2v) is 8.38. The lowest BCUT2D eigenvalue weighted by molar-refractivity contribution is -0.120. The maximum atomic E-state index is 12.6. The van der Waals surface area contributed by atoms with Crippen molar-refractivity contribution in [1.29, 1.82) is 0 Å². The van der Waals surface area contributed by atoms with E-state index in [0.29, 0.717) is 53.1 Å². The summed E-state index contributed by atoms with van der Waals surface area (Å²) in [5.74, 6) is 0.523. The summed E-state index contributed by atoms with van der Waals surface area (Å²) in [5, 5.41) is 6.43. The number of amides is 2. The van der Waals surface area contributed by atoms with Gasteiger partial charge in [-0.05, 0) is 74.0 Å². The highest BCUT2D eigenvalue weighted by Crippen LogP contribution is 2.38. The molecule has 0 fully saturated rings. The van der Waals surface area contributed by atoms with Crippen LogP contribution in [-0.4, -0.2) is 65.1 Å². The minimum Gasteiger partial charge on any atom is -0.494 e. The summed E-state index contributed by atoms with van der Waals surface area (Å²) in [6.07, 6.45) is 1.39. The van der Waals surface area contributed by atoms with Gasteiger partial charge in [0.25, 0.3) is 11.8 Å². The van der Waals surface area contributed by atoms with Crippen LogP contribution in [0.1, 0.15) is 40.1 Å². The number of hydrogen-bond acceptors (Lipinski definition) is 10. The van der Waals surface area contributed by atoms with E-state index in [2.05, 4.69) is 15.8 Å². The lowest BCUT2D eigenvalue weighted by Crippen LogP contribution is -2.34. The third-order valence-electron chi connectivity index (χ3n) is 5.61. The maximum Gasteiger partial charge on any atom is 0.343 e. The van der Waals surface area contributed by atoms with Gasteiger partial charge in [0.05, 0.1) is 52.9 Å². The van der Waals surface area contributed by atoms with E-state index < -0.39 is 17.8 Å². The van der Waals surface area contributed by atoms with Gasteiger partial charge in [-0.2, -0.15) is 5.10 Å². The first kappa shape index (κ1) is 31.3. The van der Waals surface area contributed by atoms with Crippen molar-refractivity contribution in [3.63, 3.8) is 0 Å². The standard InChI is InChI=1S/C30H33N3O9/c1-6-40-22-11-9-20(10-12-22)30(36)42-23-13-8-19(14-24(23)41-7-2)17-32-33-27(34)18-31-29(35)21-15-25(37-3)28(39-5)26(16-21)38-4/h8-17H,6-7,18H2,1-5H3,(H,31,35)(H,33,34)/b32-17-. The Balaban J connectivity index is 1.58. The molecule has 0 saturated heterocycles. The number of hydrazone groups is 1. The highest BCUT2D eigenvalue weighted by molar-refractivity contribution is 5.97. The molecule has 2 N–H and O–H groups in total. The van der Waals surface area contributed by atoms with E-state index in [4.69, 9.17) is 28.4 Å². The molecule has 0 aliphatic rings. The lowest BCUT2D eigenvalue weighted by Gasteiger charge is -2.14. The number of nitrogens with one attached hydrogen (secondary N) is 2. The van der Waals surface area contributed by atoms with Crippen LogP contribution >= 0.6 is 0 Å². The third-order valence-corrected chi connectivity index (χ3v) is 5.61. The second kappa shape index (κ2) is 15.5. The second-order valence-electron chi connectivity index (χ2n) is 8.38. The molecule has 0 aromatic heterocycles. The summed E-state index contributed by atoms with van der Waals surface area (Å²) in [6.45, 7) is 4.19. The Morgan fingerprint density at radius 1 is 0.762 bits per heavy atom. The molecule has 0 spiro atoms. The average Bonchev–Trinajstić information content (AvgIpc) is 3.00. The molecule has 3 aromatic rings. The molecule has 0 radical (unpaired) electrons. The monoisotopic (exact) mass is 579 g/mol. The summed E-state index contributed by atoms with van der Waals surface area (Å²) < 4.78 is 32.3. The van der Waals surface area contributed by atoms with E-state index in [1.807, 2.05) is 6.92 Å². The number of benzene rings is 3. The molecule has 0 saturated carbocycles. The van der Waals surface area contributed by atoms with Crippen LogP contribution in [0.15, 0.2) is 59.7 Å². The first-order valence-corrected chi connectivity index (χ1v) is 12.9. The van der Waals surface area contributed by atoms with Gasteiger partial charge >= 0.3 is 5.97 Å². The Bertz CT molecular complexity index is 1400. The summed E-state index contributed by atoms with van der Waals surface area (Å²) in [7, 11) is 4.33. The van der Waals surface area contributed by atoms with Gasteiger partial charge in [0, 0.05) is 5.56 Å². The minimum atomic E-state index is -0.557. The summed E-state index contributed by atoms with van der Waals surface area (Å²) >= 11 is 0. The Morgan fingerprint density at radius 3 is 2.02 bits per heavy atom. The van der Waals surface area contributed by atoms with Crippen LogP contribution in [0.4, 0.5) is 0 Å². The van der Waals surface area contributed by atoms with Gasteiger partial charge < -0.3 is 33.7 Å². The highest BCUT2D eigenvalue weighted by atomic mass is 16.6. The van der Waals surface area contributed by atoms with Crippen molar-refractivity contribution in [2.45, 2.75) is 13.8 Å². The van der Waals surface area contributed by atoms with Gasteiger partial charge in [-0.25, -0.2) is 10.2 Å². The molecule has 222 valence electrons. The lowest BCUT2D eigenvalue weighted by atomic mass is 10.1. The van der Waals surface area contributed by atoms with Crippen LogP contribution in [-0.2, 0) is 4.79 Å². The summed E-state index contributed by atoms with van der Waals surface area (Å²) in [4.78, 5) is 37.5. The number of nitrogens with zero attached hydrogens (tertiary/aromatic N) is 1. The minimum absolute atomic E-state index is 0.215. The highest BCUT2D eigenvalue weighted by Gasteiger charge is 2.18. The quantitative estimate of drug-likeness (QED) is 0.127. The molecule has 12 heteroatoms. The fourth-order valence-electron chi connectivity index (χ4n) is 3.66. The van der Waals surface area contributed by atoms with Crippen LogP contribution in [0.25, 0.3) is 0 Å². The number of carbonyl (C=O) groups excluding carboxylic acids is 3. The Morgan fingerprint density at radius 2 is 1.43 bits per heavy atom. The molecule has 0 bridgehead atoms. The fraction of sp³-hybridized carbons (Fsp3) is 0.267.